The van der Waals surface area contributed by atoms with Crippen molar-refractivity contribution in [3.63, 3.8) is 0 Å². The average Bonchev–Trinajstić information content (AvgIpc) is 2.46. The van der Waals surface area contributed by atoms with Crippen LogP contribution in [0.1, 0.15) is 55.6 Å². The molecule has 116 valence electrons. The second kappa shape index (κ2) is 6.47. The first-order valence-corrected chi connectivity index (χ1v) is 10.1. The normalized spacial score (nSPS) is 28.1. The Hall–Kier alpha value is -0.260. The van der Waals surface area contributed by atoms with Crippen molar-refractivity contribution in [1.29, 1.82) is 0 Å². The van der Waals surface area contributed by atoms with Crippen LogP contribution in [0.25, 0.3) is 0 Å². The molecule has 2 heterocycles. The third-order valence-electron chi connectivity index (χ3n) is 4.25. The Labute approximate surface area is 136 Å². The smallest absolute Gasteiger partial charge is 0.142 e. The van der Waals surface area contributed by atoms with E-state index in [-0.39, 0.29) is 0 Å². The van der Waals surface area contributed by atoms with E-state index in [0.29, 0.717) is 16.7 Å². The lowest BCUT2D eigenvalue weighted by Gasteiger charge is -2.37. The summed E-state index contributed by atoms with van der Waals surface area (Å²) in [6.07, 6.45) is 4.34. The quantitative estimate of drug-likeness (QED) is 0.919. The first-order chi connectivity index (χ1) is 10.1. The number of nitrogens with zero attached hydrogens (tertiary/aromatic N) is 2. The van der Waals surface area contributed by atoms with Gasteiger partial charge in [0.15, 0.2) is 0 Å². The minimum absolute atomic E-state index is 0.319. The van der Waals surface area contributed by atoms with E-state index in [1.54, 1.807) is 0 Å². The van der Waals surface area contributed by atoms with Crippen LogP contribution >= 0.6 is 23.5 Å². The highest BCUT2D eigenvalue weighted by Gasteiger charge is 2.33. The molecule has 1 saturated heterocycles. The van der Waals surface area contributed by atoms with Crippen molar-refractivity contribution in [1.82, 2.24) is 15.3 Å². The molecule has 0 amide bonds. The monoisotopic (exact) mass is 323 g/mol. The standard InChI is InChI=1S/C16H25N3S2/c1-4-17-12-7-16(2,3)8-13-11(12)9-18-15(19-13)14-10-20-5-6-21-14/h9,12,14,17H,4-8,10H2,1-3H3. The van der Waals surface area contributed by atoms with Gasteiger partial charge < -0.3 is 5.32 Å². The van der Waals surface area contributed by atoms with Gasteiger partial charge in [-0.1, -0.05) is 20.8 Å². The fourth-order valence-electron chi connectivity index (χ4n) is 3.28. The van der Waals surface area contributed by atoms with Crippen LogP contribution in [0.15, 0.2) is 6.20 Å². The van der Waals surface area contributed by atoms with E-state index in [2.05, 4.69) is 32.3 Å². The van der Waals surface area contributed by atoms with Crippen molar-refractivity contribution in [2.45, 2.75) is 44.9 Å². The van der Waals surface area contributed by atoms with Gasteiger partial charge in [-0.2, -0.15) is 11.8 Å². The van der Waals surface area contributed by atoms with E-state index >= 15 is 0 Å². The maximum atomic E-state index is 4.98. The summed E-state index contributed by atoms with van der Waals surface area (Å²) < 4.78 is 0. The Morgan fingerprint density at radius 1 is 1.38 bits per heavy atom. The maximum absolute atomic E-state index is 4.98. The molecule has 2 atom stereocenters. The van der Waals surface area contributed by atoms with Crippen molar-refractivity contribution in [2.24, 2.45) is 5.41 Å². The summed E-state index contributed by atoms with van der Waals surface area (Å²) in [6.45, 7) is 7.88. The van der Waals surface area contributed by atoms with Crippen molar-refractivity contribution in [2.75, 3.05) is 23.8 Å². The number of hydrogen-bond donors (Lipinski definition) is 1. The summed E-state index contributed by atoms with van der Waals surface area (Å²) in [5.74, 6) is 4.70. The summed E-state index contributed by atoms with van der Waals surface area (Å²) in [4.78, 5) is 9.69. The SMILES string of the molecule is CCNC1CC(C)(C)Cc2nc(C3CSCCS3)ncc21. The summed E-state index contributed by atoms with van der Waals surface area (Å²) in [5.41, 5.74) is 2.92. The predicted molar refractivity (Wildman–Crippen MR) is 93.1 cm³/mol. The topological polar surface area (TPSA) is 37.8 Å². The number of thioether (sulfide) groups is 2. The number of aromatic nitrogens is 2. The zero-order valence-corrected chi connectivity index (χ0v) is 14.8. The number of fused-ring (bicyclic) bond motifs is 1. The molecular formula is C16H25N3S2. The molecule has 2 aliphatic rings. The van der Waals surface area contributed by atoms with E-state index in [0.717, 1.165) is 24.5 Å². The molecular weight excluding hydrogens is 298 g/mol. The highest BCUT2D eigenvalue weighted by molar-refractivity contribution is 8.06. The van der Waals surface area contributed by atoms with E-state index in [4.69, 9.17) is 9.97 Å². The fraction of sp³-hybridized carbons (Fsp3) is 0.750. The van der Waals surface area contributed by atoms with Gasteiger partial charge in [0.25, 0.3) is 0 Å². The summed E-state index contributed by atoms with van der Waals surface area (Å²) in [7, 11) is 0. The molecule has 0 radical (unpaired) electrons. The average molecular weight is 324 g/mol. The van der Waals surface area contributed by atoms with Crippen molar-refractivity contribution < 1.29 is 0 Å². The van der Waals surface area contributed by atoms with Crippen LogP contribution in [0.5, 0.6) is 0 Å². The van der Waals surface area contributed by atoms with Crippen LogP contribution in [0.4, 0.5) is 0 Å². The first-order valence-electron chi connectivity index (χ1n) is 7.87. The van der Waals surface area contributed by atoms with Gasteiger partial charge in [0, 0.05) is 40.8 Å². The highest BCUT2D eigenvalue weighted by atomic mass is 32.2. The largest absolute Gasteiger partial charge is 0.310 e. The van der Waals surface area contributed by atoms with Crippen LogP contribution in [0, 0.1) is 5.41 Å². The van der Waals surface area contributed by atoms with Gasteiger partial charge in [-0.25, -0.2) is 9.97 Å². The van der Waals surface area contributed by atoms with Crippen LogP contribution < -0.4 is 5.32 Å². The minimum atomic E-state index is 0.319. The van der Waals surface area contributed by atoms with Crippen molar-refractivity contribution in [3.8, 4) is 0 Å². The predicted octanol–water partition coefficient (Wildman–Crippen LogP) is 3.62. The van der Waals surface area contributed by atoms with Crippen molar-refractivity contribution in [3.05, 3.63) is 23.3 Å². The molecule has 1 fully saturated rings. The maximum Gasteiger partial charge on any atom is 0.142 e. The lowest BCUT2D eigenvalue weighted by Crippen LogP contribution is -2.34. The van der Waals surface area contributed by atoms with E-state index in [9.17, 15) is 0 Å². The van der Waals surface area contributed by atoms with E-state index < -0.39 is 0 Å². The van der Waals surface area contributed by atoms with Crippen molar-refractivity contribution >= 4 is 23.5 Å². The summed E-state index contributed by atoms with van der Waals surface area (Å²) in [6, 6.07) is 0.413. The van der Waals surface area contributed by atoms with Gasteiger partial charge in [-0.3, -0.25) is 0 Å². The Morgan fingerprint density at radius 3 is 2.95 bits per heavy atom. The summed E-state index contributed by atoms with van der Waals surface area (Å²) >= 11 is 4.05. The van der Waals surface area contributed by atoms with Gasteiger partial charge in [-0.15, -0.1) is 11.8 Å². The third-order valence-corrected chi connectivity index (χ3v) is 7.00. The fourth-order valence-corrected chi connectivity index (χ4v) is 5.89. The third kappa shape index (κ3) is 3.57. The molecule has 5 heteroatoms. The molecule has 1 aliphatic carbocycles. The van der Waals surface area contributed by atoms with Gasteiger partial charge in [-0.05, 0) is 24.8 Å². The molecule has 3 nitrogen and oxygen atoms in total. The number of nitrogens with one attached hydrogen (secondary N) is 1. The summed E-state index contributed by atoms with van der Waals surface area (Å²) in [5, 5.41) is 4.09. The van der Waals surface area contributed by atoms with Gasteiger partial charge in [0.2, 0.25) is 0 Å². The Kier molecular flexibility index (Phi) is 4.81. The van der Waals surface area contributed by atoms with Gasteiger partial charge >= 0.3 is 0 Å². The first kappa shape index (κ1) is 15.6. The van der Waals surface area contributed by atoms with Gasteiger partial charge in [0.05, 0.1) is 5.25 Å². The Morgan fingerprint density at radius 2 is 2.24 bits per heavy atom. The lowest BCUT2D eigenvalue weighted by atomic mass is 9.74. The Bertz CT molecular complexity index is 498. The molecule has 0 spiro atoms. The molecule has 1 N–H and O–H groups in total. The minimum Gasteiger partial charge on any atom is -0.310 e. The molecule has 1 aliphatic heterocycles. The molecule has 0 bridgehead atoms. The van der Waals surface area contributed by atoms with Crippen LogP contribution in [-0.2, 0) is 6.42 Å². The highest BCUT2D eigenvalue weighted by Crippen LogP contribution is 2.41. The lowest BCUT2D eigenvalue weighted by molar-refractivity contribution is 0.255. The second-order valence-electron chi connectivity index (χ2n) is 6.72. The van der Waals surface area contributed by atoms with E-state index in [1.165, 1.54) is 29.2 Å². The second-order valence-corrected chi connectivity index (χ2v) is 9.18. The van der Waals surface area contributed by atoms with E-state index in [1.807, 2.05) is 23.5 Å². The Balaban J connectivity index is 1.89. The molecule has 1 aromatic rings. The zero-order chi connectivity index (χ0) is 14.9. The zero-order valence-electron chi connectivity index (χ0n) is 13.2. The molecule has 0 aromatic carbocycles. The number of rotatable bonds is 3. The van der Waals surface area contributed by atoms with Gasteiger partial charge in [0.1, 0.15) is 5.82 Å². The van der Waals surface area contributed by atoms with Crippen LogP contribution in [-0.4, -0.2) is 33.8 Å². The molecule has 3 rings (SSSR count). The number of hydrogen-bond acceptors (Lipinski definition) is 5. The van der Waals surface area contributed by atoms with Crippen LogP contribution in [0.3, 0.4) is 0 Å². The molecule has 2 unspecified atom stereocenters. The van der Waals surface area contributed by atoms with Crippen LogP contribution in [0.2, 0.25) is 0 Å². The molecule has 21 heavy (non-hydrogen) atoms. The molecule has 1 aromatic heterocycles. The molecule has 0 saturated carbocycles.